The molecule has 0 unspecified atom stereocenters. The molecular formula is C33H43N3O3S. The molecular weight excluding hydrogens is 518 g/mol. The number of rotatable bonds is 5. The van der Waals surface area contributed by atoms with Crippen LogP contribution in [-0.2, 0) is 4.74 Å². The van der Waals surface area contributed by atoms with Crippen LogP contribution in [0.25, 0.3) is 0 Å². The van der Waals surface area contributed by atoms with Crippen LogP contribution in [0.3, 0.4) is 0 Å². The van der Waals surface area contributed by atoms with E-state index in [0.29, 0.717) is 34.9 Å². The first-order chi connectivity index (χ1) is 19.2. The smallest absolute Gasteiger partial charge is 0.341 e. The minimum Gasteiger partial charge on any atom is -0.462 e. The van der Waals surface area contributed by atoms with Gasteiger partial charge in [0, 0.05) is 5.56 Å². The highest BCUT2D eigenvalue weighted by atomic mass is 32.1. The summed E-state index contributed by atoms with van der Waals surface area (Å²) < 4.78 is 5.52. The van der Waals surface area contributed by atoms with Crippen molar-refractivity contribution in [1.29, 1.82) is 0 Å². The van der Waals surface area contributed by atoms with Crippen LogP contribution in [0.1, 0.15) is 99.5 Å². The van der Waals surface area contributed by atoms with Gasteiger partial charge >= 0.3 is 5.97 Å². The third-order valence-electron chi connectivity index (χ3n) is 11.1. The fourth-order valence-electron chi connectivity index (χ4n) is 9.09. The van der Waals surface area contributed by atoms with E-state index in [0.717, 1.165) is 61.2 Å². The summed E-state index contributed by atoms with van der Waals surface area (Å²) in [4.78, 5) is 13.3. The summed E-state index contributed by atoms with van der Waals surface area (Å²) in [5.41, 5.74) is 11.7. The number of allylic oxidation sites excluding steroid dienone is 1. The fraction of sp³-hybridized carbons (Fsp3) is 0.606. The maximum Gasteiger partial charge on any atom is 0.341 e. The van der Waals surface area contributed by atoms with E-state index in [9.17, 15) is 9.90 Å². The molecule has 3 N–H and O–H groups in total. The molecule has 1 aromatic heterocycles. The average molecular weight is 562 g/mol. The van der Waals surface area contributed by atoms with Crippen LogP contribution >= 0.6 is 11.3 Å². The van der Waals surface area contributed by atoms with Crippen molar-refractivity contribution in [2.45, 2.75) is 91.1 Å². The molecule has 214 valence electrons. The molecule has 6 rings (SSSR count). The number of hydrogen-bond acceptors (Lipinski definition) is 7. The van der Waals surface area contributed by atoms with Crippen LogP contribution in [-0.4, -0.2) is 23.8 Å². The van der Waals surface area contributed by atoms with Crippen molar-refractivity contribution in [2.24, 2.45) is 38.8 Å². The van der Waals surface area contributed by atoms with Crippen LogP contribution in [0.2, 0.25) is 0 Å². The minimum atomic E-state index is -0.345. The molecule has 40 heavy (non-hydrogen) atoms. The van der Waals surface area contributed by atoms with E-state index in [1.54, 1.807) is 0 Å². The molecule has 1 aromatic carbocycles. The van der Waals surface area contributed by atoms with Gasteiger partial charge in [-0.3, -0.25) is 0 Å². The Balaban J connectivity index is 1.37. The molecule has 4 aliphatic carbocycles. The summed E-state index contributed by atoms with van der Waals surface area (Å²) in [7, 11) is 0. The molecule has 0 amide bonds. The van der Waals surface area contributed by atoms with Gasteiger partial charge in [-0.25, -0.2) is 4.79 Å². The van der Waals surface area contributed by atoms with Gasteiger partial charge < -0.3 is 15.6 Å². The second-order valence-electron chi connectivity index (χ2n) is 13.1. The van der Waals surface area contributed by atoms with Crippen LogP contribution in [0.5, 0.6) is 0 Å². The number of carbonyl (C=O) groups is 1. The number of ether oxygens (including phenoxy) is 1. The molecule has 4 aliphatic rings. The lowest BCUT2D eigenvalue weighted by Crippen LogP contribution is -2.50. The van der Waals surface area contributed by atoms with Crippen LogP contribution in [0, 0.1) is 35.5 Å². The lowest BCUT2D eigenvalue weighted by molar-refractivity contribution is -0.0409. The van der Waals surface area contributed by atoms with E-state index in [-0.39, 0.29) is 28.8 Å². The highest BCUT2D eigenvalue weighted by Crippen LogP contribution is 2.69. The van der Waals surface area contributed by atoms with Gasteiger partial charge in [-0.05, 0) is 112 Å². The first-order valence-electron chi connectivity index (χ1n) is 15.1. The van der Waals surface area contributed by atoms with Gasteiger partial charge in [0.1, 0.15) is 10.0 Å². The molecule has 7 heteroatoms. The number of azo groups is 1. The zero-order valence-corrected chi connectivity index (χ0v) is 25.1. The number of nitrogen functional groups attached to an aromatic ring is 1. The molecule has 2 aromatic rings. The fourth-order valence-corrected chi connectivity index (χ4v) is 10.0. The summed E-state index contributed by atoms with van der Waals surface area (Å²) in [6, 6.07) is 7.98. The number of hydrogen-bond donors (Lipinski definition) is 2. The zero-order chi connectivity index (χ0) is 28.2. The normalized spacial score (nSPS) is 35.1. The number of nitrogens with two attached hydrogens (primary N) is 1. The lowest BCUT2D eigenvalue weighted by Gasteiger charge is -2.58. The Hall–Kier alpha value is -2.51. The molecule has 0 bridgehead atoms. The number of aryl methyl sites for hydroxylation is 1. The SMILES string of the molecule is CCOC(=O)c1c(N)sc(N=Nc2ccc(C)cc2)c1[C@H]1CC[C@H]2[C@@H]3CC=C4C[C@@H](O)CC[C@]4(C)[C@H]3CC[C@]12C. The van der Waals surface area contributed by atoms with Crippen molar-refractivity contribution in [1.82, 2.24) is 0 Å². The van der Waals surface area contributed by atoms with Gasteiger partial charge in [0.25, 0.3) is 0 Å². The monoisotopic (exact) mass is 561 g/mol. The second-order valence-corrected chi connectivity index (χ2v) is 14.2. The number of benzene rings is 1. The summed E-state index contributed by atoms with van der Waals surface area (Å²) in [5.74, 6) is 1.71. The number of fused-ring (bicyclic) bond motifs is 5. The summed E-state index contributed by atoms with van der Waals surface area (Å²) in [6.07, 6.45) is 10.7. The van der Waals surface area contributed by atoms with E-state index < -0.39 is 0 Å². The zero-order valence-electron chi connectivity index (χ0n) is 24.3. The van der Waals surface area contributed by atoms with E-state index in [1.165, 1.54) is 28.9 Å². The third kappa shape index (κ3) is 4.44. The Morgan fingerprint density at radius 2 is 1.88 bits per heavy atom. The highest BCUT2D eigenvalue weighted by Gasteiger charge is 2.59. The van der Waals surface area contributed by atoms with Crippen molar-refractivity contribution < 1.29 is 14.6 Å². The lowest BCUT2D eigenvalue weighted by atomic mass is 9.47. The second kappa shape index (κ2) is 10.4. The number of carbonyl (C=O) groups excluding carboxylic acids is 1. The maximum absolute atomic E-state index is 13.3. The van der Waals surface area contributed by atoms with Crippen molar-refractivity contribution in [3.05, 3.63) is 52.6 Å². The molecule has 6 nitrogen and oxygen atoms in total. The predicted molar refractivity (Wildman–Crippen MR) is 160 cm³/mol. The summed E-state index contributed by atoms with van der Waals surface area (Å²) in [5, 5.41) is 20.9. The van der Waals surface area contributed by atoms with Gasteiger partial charge in [-0.1, -0.05) is 54.5 Å². The Morgan fingerprint density at radius 3 is 2.62 bits per heavy atom. The Labute approximate surface area is 242 Å². The third-order valence-corrected chi connectivity index (χ3v) is 12.1. The van der Waals surface area contributed by atoms with E-state index >= 15 is 0 Å². The molecule has 0 spiro atoms. The largest absolute Gasteiger partial charge is 0.462 e. The molecule has 0 radical (unpaired) electrons. The standard InChI is InChI=1S/C33H43N3O3S/c1-5-39-31(38)28-27(30(40-29(28)34)36-35-21-9-6-19(2)7-10-21)26-13-12-24-23-11-8-20-18-22(37)14-16-32(20,3)25(23)15-17-33(24,26)4/h6-10,22-26,37H,5,11-18,34H2,1-4H3/t22-,23-,24-,25-,26+,32-,33-/m0/s1. The van der Waals surface area contributed by atoms with E-state index in [1.807, 2.05) is 31.2 Å². The first kappa shape index (κ1) is 27.6. The maximum atomic E-state index is 13.3. The van der Waals surface area contributed by atoms with E-state index in [4.69, 9.17) is 15.6 Å². The number of aliphatic hydroxyl groups is 1. The minimum absolute atomic E-state index is 0.0555. The Bertz CT molecular complexity index is 1350. The molecule has 0 saturated heterocycles. The summed E-state index contributed by atoms with van der Waals surface area (Å²) in [6.45, 7) is 9.13. The highest BCUT2D eigenvalue weighted by molar-refractivity contribution is 7.20. The Kier molecular flexibility index (Phi) is 7.19. The summed E-state index contributed by atoms with van der Waals surface area (Å²) >= 11 is 1.36. The quantitative estimate of drug-likeness (QED) is 0.217. The van der Waals surface area contributed by atoms with Crippen molar-refractivity contribution in [3.8, 4) is 0 Å². The van der Waals surface area contributed by atoms with Crippen molar-refractivity contribution >= 4 is 33.0 Å². The van der Waals surface area contributed by atoms with E-state index in [2.05, 4.69) is 32.0 Å². The number of anilines is 1. The predicted octanol–water partition coefficient (Wildman–Crippen LogP) is 8.64. The van der Waals surface area contributed by atoms with Gasteiger partial charge in [0.2, 0.25) is 0 Å². The van der Waals surface area contributed by atoms with Crippen molar-refractivity contribution in [2.75, 3.05) is 12.3 Å². The molecule has 7 atom stereocenters. The van der Waals surface area contributed by atoms with Gasteiger partial charge in [-0.2, -0.15) is 0 Å². The number of aliphatic hydroxyl groups excluding tert-OH is 1. The first-order valence-corrected chi connectivity index (χ1v) is 15.9. The van der Waals surface area contributed by atoms with Crippen LogP contribution in [0.15, 0.2) is 46.1 Å². The van der Waals surface area contributed by atoms with Gasteiger partial charge in [-0.15, -0.1) is 10.2 Å². The Morgan fingerprint density at radius 1 is 1.10 bits per heavy atom. The van der Waals surface area contributed by atoms with Gasteiger partial charge in [0.05, 0.1) is 24.0 Å². The number of nitrogens with zero attached hydrogens (tertiary/aromatic N) is 2. The number of esters is 1. The van der Waals surface area contributed by atoms with Crippen LogP contribution in [0.4, 0.5) is 15.7 Å². The van der Waals surface area contributed by atoms with Crippen molar-refractivity contribution in [3.63, 3.8) is 0 Å². The molecule has 0 aliphatic heterocycles. The molecule has 3 fully saturated rings. The average Bonchev–Trinajstić information content (AvgIpc) is 3.44. The number of thiophene rings is 1. The molecule has 1 heterocycles. The molecule has 3 saturated carbocycles. The van der Waals surface area contributed by atoms with Crippen LogP contribution < -0.4 is 5.73 Å². The van der Waals surface area contributed by atoms with Gasteiger partial charge in [0.15, 0.2) is 0 Å². The topological polar surface area (TPSA) is 97.3 Å².